The molecule has 2 aromatic rings. The average molecular weight is 415 g/mol. The summed E-state index contributed by atoms with van der Waals surface area (Å²) in [5.74, 6) is -2.82. The van der Waals surface area contributed by atoms with Crippen molar-refractivity contribution in [2.75, 3.05) is 17.8 Å². The lowest BCUT2D eigenvalue weighted by molar-refractivity contribution is 0.0725. The molecule has 0 atom stereocenters. The van der Waals surface area contributed by atoms with Gasteiger partial charge in [-0.15, -0.1) is 0 Å². The zero-order valence-electron chi connectivity index (χ0n) is 14.2. The van der Waals surface area contributed by atoms with Gasteiger partial charge in [0, 0.05) is 18.1 Å². The topological polar surface area (TPSA) is 66.5 Å². The highest BCUT2D eigenvalue weighted by atomic mass is 35.5. The fourth-order valence-corrected chi connectivity index (χ4v) is 4.37. The van der Waals surface area contributed by atoms with E-state index in [9.17, 15) is 22.0 Å². The fraction of sp³-hybridized carbons (Fsp3) is 0.278. The van der Waals surface area contributed by atoms with Crippen LogP contribution in [-0.2, 0) is 10.0 Å². The van der Waals surface area contributed by atoms with E-state index in [2.05, 4.69) is 4.72 Å². The molecule has 9 heteroatoms. The number of anilines is 1. The zero-order chi connectivity index (χ0) is 19.6. The standard InChI is InChI=1S/C18H17ClF2N2O3S/c19-12-7-8-13(18(24)23-9-2-1-3-10-23)16(11-12)22-27(25,26)17-14(20)5-4-6-15(17)21/h4-8,11,22H,1-3,9-10H2. The predicted molar refractivity (Wildman–Crippen MR) is 98.4 cm³/mol. The molecule has 0 unspecified atom stereocenters. The van der Waals surface area contributed by atoms with Crippen LogP contribution in [0.3, 0.4) is 0 Å². The van der Waals surface area contributed by atoms with Gasteiger partial charge in [-0.05, 0) is 49.6 Å². The number of piperidine rings is 1. The third-order valence-electron chi connectivity index (χ3n) is 4.29. The highest BCUT2D eigenvalue weighted by Crippen LogP contribution is 2.28. The lowest BCUT2D eigenvalue weighted by atomic mass is 10.1. The molecule has 0 spiro atoms. The summed E-state index contributed by atoms with van der Waals surface area (Å²) in [4.78, 5) is 13.3. The van der Waals surface area contributed by atoms with Crippen molar-refractivity contribution in [2.45, 2.75) is 24.2 Å². The Morgan fingerprint density at radius 1 is 1.04 bits per heavy atom. The molecule has 0 saturated carbocycles. The van der Waals surface area contributed by atoms with E-state index in [0.29, 0.717) is 13.1 Å². The van der Waals surface area contributed by atoms with Crippen molar-refractivity contribution in [3.05, 3.63) is 58.6 Å². The number of hydrogen-bond donors (Lipinski definition) is 1. The van der Waals surface area contributed by atoms with Gasteiger partial charge in [-0.25, -0.2) is 17.2 Å². The lowest BCUT2D eigenvalue weighted by Crippen LogP contribution is -2.36. The van der Waals surface area contributed by atoms with Crippen LogP contribution in [0.5, 0.6) is 0 Å². The van der Waals surface area contributed by atoms with E-state index in [1.807, 2.05) is 0 Å². The maximum atomic E-state index is 13.9. The zero-order valence-corrected chi connectivity index (χ0v) is 15.8. The molecule has 1 fully saturated rings. The van der Waals surface area contributed by atoms with Gasteiger partial charge in [0.05, 0.1) is 11.3 Å². The third-order valence-corrected chi connectivity index (χ3v) is 5.94. The Bertz CT molecular complexity index is 956. The molecule has 1 aliphatic heterocycles. The van der Waals surface area contributed by atoms with E-state index < -0.39 is 26.6 Å². The molecule has 1 heterocycles. The quantitative estimate of drug-likeness (QED) is 0.820. The predicted octanol–water partition coefficient (Wildman–Crippen LogP) is 4.05. The number of nitrogens with one attached hydrogen (secondary N) is 1. The van der Waals surface area contributed by atoms with E-state index in [0.717, 1.165) is 37.5 Å². The molecule has 5 nitrogen and oxygen atoms in total. The van der Waals surface area contributed by atoms with Crippen LogP contribution < -0.4 is 4.72 Å². The van der Waals surface area contributed by atoms with E-state index in [1.54, 1.807) is 4.90 Å². The molecule has 1 amide bonds. The van der Waals surface area contributed by atoms with Crippen molar-refractivity contribution in [3.63, 3.8) is 0 Å². The second-order valence-corrected chi connectivity index (χ2v) is 8.25. The van der Waals surface area contributed by atoms with Gasteiger partial charge in [0.1, 0.15) is 11.6 Å². The van der Waals surface area contributed by atoms with Crippen LogP contribution in [0.2, 0.25) is 5.02 Å². The number of benzene rings is 2. The summed E-state index contributed by atoms with van der Waals surface area (Å²) < 4.78 is 55.0. The molecule has 144 valence electrons. The van der Waals surface area contributed by atoms with Gasteiger partial charge in [0.25, 0.3) is 15.9 Å². The molecule has 1 N–H and O–H groups in total. The number of carbonyl (C=O) groups excluding carboxylic acids is 1. The third kappa shape index (κ3) is 4.22. The largest absolute Gasteiger partial charge is 0.339 e. The maximum Gasteiger partial charge on any atom is 0.267 e. The fourth-order valence-electron chi connectivity index (χ4n) is 2.99. The van der Waals surface area contributed by atoms with Crippen molar-refractivity contribution in [3.8, 4) is 0 Å². The summed E-state index contributed by atoms with van der Waals surface area (Å²) in [6.07, 6.45) is 2.75. The Kier molecular flexibility index (Phi) is 5.67. The summed E-state index contributed by atoms with van der Waals surface area (Å²) in [7, 11) is -4.61. The second-order valence-electron chi connectivity index (χ2n) is 6.20. The minimum absolute atomic E-state index is 0.0709. The van der Waals surface area contributed by atoms with Crippen LogP contribution in [0, 0.1) is 11.6 Å². The molecule has 0 aromatic heterocycles. The van der Waals surface area contributed by atoms with E-state index in [1.165, 1.54) is 18.2 Å². The van der Waals surface area contributed by atoms with Crippen LogP contribution in [0.1, 0.15) is 29.6 Å². The van der Waals surface area contributed by atoms with E-state index in [4.69, 9.17) is 11.6 Å². The number of nitrogens with zero attached hydrogens (tertiary/aromatic N) is 1. The van der Waals surface area contributed by atoms with Crippen molar-refractivity contribution >= 4 is 33.2 Å². The maximum absolute atomic E-state index is 13.9. The Balaban J connectivity index is 1.99. The van der Waals surface area contributed by atoms with E-state index in [-0.39, 0.29) is 22.2 Å². The smallest absolute Gasteiger partial charge is 0.267 e. The number of sulfonamides is 1. The van der Waals surface area contributed by atoms with Gasteiger partial charge in [-0.3, -0.25) is 9.52 Å². The van der Waals surface area contributed by atoms with Crippen LogP contribution in [0.25, 0.3) is 0 Å². The van der Waals surface area contributed by atoms with Crippen molar-refractivity contribution < 1.29 is 22.0 Å². The Morgan fingerprint density at radius 3 is 2.30 bits per heavy atom. The number of likely N-dealkylation sites (tertiary alicyclic amines) is 1. The minimum Gasteiger partial charge on any atom is -0.339 e. The summed E-state index contributed by atoms with van der Waals surface area (Å²) in [6.45, 7) is 1.13. The van der Waals surface area contributed by atoms with E-state index >= 15 is 0 Å². The lowest BCUT2D eigenvalue weighted by Gasteiger charge is -2.27. The molecule has 1 aliphatic rings. The SMILES string of the molecule is O=C(c1ccc(Cl)cc1NS(=O)(=O)c1c(F)cccc1F)N1CCCCC1. The van der Waals surface area contributed by atoms with Crippen molar-refractivity contribution in [2.24, 2.45) is 0 Å². The highest BCUT2D eigenvalue weighted by Gasteiger charge is 2.27. The second kappa shape index (κ2) is 7.82. The summed E-state index contributed by atoms with van der Waals surface area (Å²) >= 11 is 5.94. The Morgan fingerprint density at radius 2 is 1.67 bits per heavy atom. The first-order valence-electron chi connectivity index (χ1n) is 8.35. The number of halogens is 3. The molecule has 0 bridgehead atoms. The number of rotatable bonds is 4. The first kappa shape index (κ1) is 19.6. The van der Waals surface area contributed by atoms with Gasteiger partial charge < -0.3 is 4.90 Å². The number of carbonyl (C=O) groups is 1. The van der Waals surface area contributed by atoms with Crippen LogP contribution in [-0.4, -0.2) is 32.3 Å². The van der Waals surface area contributed by atoms with Crippen LogP contribution in [0.15, 0.2) is 41.3 Å². The summed E-state index contributed by atoms with van der Waals surface area (Å²) in [5, 5.41) is 0.178. The molecular weight excluding hydrogens is 398 g/mol. The highest BCUT2D eigenvalue weighted by molar-refractivity contribution is 7.92. The first-order valence-corrected chi connectivity index (χ1v) is 10.2. The van der Waals surface area contributed by atoms with Gasteiger partial charge in [-0.1, -0.05) is 17.7 Å². The monoisotopic (exact) mass is 414 g/mol. The molecule has 0 radical (unpaired) electrons. The van der Waals surface area contributed by atoms with Gasteiger partial charge in [0.15, 0.2) is 4.90 Å². The van der Waals surface area contributed by atoms with Gasteiger partial charge in [0.2, 0.25) is 0 Å². The summed E-state index contributed by atoms with van der Waals surface area (Å²) in [5.41, 5.74) is -0.0534. The van der Waals surface area contributed by atoms with Crippen molar-refractivity contribution in [1.29, 1.82) is 0 Å². The molecule has 2 aromatic carbocycles. The Labute approximate surface area is 161 Å². The molecular formula is C18H17ClF2N2O3S. The van der Waals surface area contributed by atoms with Gasteiger partial charge in [-0.2, -0.15) is 0 Å². The van der Waals surface area contributed by atoms with Gasteiger partial charge >= 0.3 is 0 Å². The molecule has 0 aliphatic carbocycles. The van der Waals surface area contributed by atoms with Crippen molar-refractivity contribution in [1.82, 2.24) is 4.90 Å². The molecule has 3 rings (SSSR count). The van der Waals surface area contributed by atoms with Crippen LogP contribution in [0.4, 0.5) is 14.5 Å². The molecule has 1 saturated heterocycles. The first-order chi connectivity index (χ1) is 12.8. The number of hydrogen-bond acceptors (Lipinski definition) is 3. The normalized spacial score (nSPS) is 14.9. The summed E-state index contributed by atoms with van der Waals surface area (Å²) in [6, 6.07) is 6.85. The average Bonchev–Trinajstić information content (AvgIpc) is 2.61. The Hall–Kier alpha value is -2.19. The number of amides is 1. The minimum atomic E-state index is -4.61. The van der Waals surface area contributed by atoms with Crippen LogP contribution >= 0.6 is 11.6 Å². The molecule has 27 heavy (non-hydrogen) atoms.